The Kier molecular flexibility index (Phi) is 5.78. The molecule has 0 aromatic carbocycles. The molecule has 1 saturated heterocycles. The molecule has 0 spiro atoms. The minimum atomic E-state index is -3.15. The van der Waals surface area contributed by atoms with Crippen LogP contribution in [0.1, 0.15) is 31.7 Å². The molecule has 5 nitrogen and oxygen atoms in total. The van der Waals surface area contributed by atoms with Gasteiger partial charge in [-0.15, -0.1) is 0 Å². The number of amides is 1. The van der Waals surface area contributed by atoms with Gasteiger partial charge in [-0.2, -0.15) is 11.3 Å². The van der Waals surface area contributed by atoms with E-state index in [2.05, 4.69) is 10.1 Å². The molecule has 0 aliphatic carbocycles. The summed E-state index contributed by atoms with van der Waals surface area (Å²) in [6.45, 7) is 2.91. The lowest BCUT2D eigenvalue weighted by Gasteiger charge is -2.32. The first-order valence-corrected chi connectivity index (χ1v) is 9.88. The molecule has 1 aromatic heterocycles. The normalized spacial score (nSPS) is 17.1. The molecular weight excluding hydrogens is 308 g/mol. The third-order valence-electron chi connectivity index (χ3n) is 3.78. The minimum absolute atomic E-state index is 0.0316. The van der Waals surface area contributed by atoms with E-state index in [0.29, 0.717) is 32.4 Å². The average Bonchev–Trinajstić information content (AvgIpc) is 2.98. The number of nitrogens with zero attached hydrogens (tertiary/aromatic N) is 1. The van der Waals surface area contributed by atoms with Gasteiger partial charge in [0.15, 0.2) is 0 Å². The molecule has 0 bridgehead atoms. The van der Waals surface area contributed by atoms with Crippen molar-refractivity contribution in [3.8, 4) is 0 Å². The van der Waals surface area contributed by atoms with Crippen LogP contribution in [0.4, 0.5) is 0 Å². The molecule has 1 aliphatic rings. The highest BCUT2D eigenvalue weighted by Gasteiger charge is 2.24. The predicted molar refractivity (Wildman–Crippen MR) is 84.8 cm³/mol. The molecule has 2 heterocycles. The number of carbonyl (C=O) groups excluding carboxylic acids is 1. The van der Waals surface area contributed by atoms with Crippen molar-refractivity contribution in [1.82, 2.24) is 9.62 Å². The van der Waals surface area contributed by atoms with Crippen molar-refractivity contribution in [1.29, 1.82) is 0 Å². The van der Waals surface area contributed by atoms with E-state index in [1.165, 1.54) is 5.56 Å². The second-order valence-corrected chi connectivity index (χ2v) is 8.13. The Labute approximate surface area is 130 Å². The molecule has 1 aliphatic heterocycles. The largest absolute Gasteiger partial charge is 0.343 e. The van der Waals surface area contributed by atoms with E-state index in [1.807, 2.05) is 16.3 Å². The standard InChI is InChI=1S/C14H22N2O3S2/c1-2-21(18,19)15-13-5-8-16(9-6-13)14(17)4-3-12-7-10-20-11-12/h7,10-11,13,15H,2-6,8-9H2,1H3. The van der Waals surface area contributed by atoms with Crippen LogP contribution in [0.5, 0.6) is 0 Å². The highest BCUT2D eigenvalue weighted by molar-refractivity contribution is 7.89. The maximum Gasteiger partial charge on any atom is 0.222 e. The number of likely N-dealkylation sites (tertiary alicyclic amines) is 1. The summed E-state index contributed by atoms with van der Waals surface area (Å²) in [5.41, 5.74) is 1.21. The molecule has 0 unspecified atom stereocenters. The van der Waals surface area contributed by atoms with E-state index in [0.717, 1.165) is 6.42 Å². The Morgan fingerprint density at radius 1 is 1.43 bits per heavy atom. The fourth-order valence-electron chi connectivity index (χ4n) is 2.43. The molecule has 0 radical (unpaired) electrons. The molecule has 2 rings (SSSR count). The Balaban J connectivity index is 1.74. The smallest absolute Gasteiger partial charge is 0.222 e. The zero-order valence-corrected chi connectivity index (χ0v) is 13.9. The van der Waals surface area contributed by atoms with Crippen molar-refractivity contribution in [3.05, 3.63) is 22.4 Å². The van der Waals surface area contributed by atoms with Crippen LogP contribution in [0.25, 0.3) is 0 Å². The monoisotopic (exact) mass is 330 g/mol. The number of hydrogen-bond acceptors (Lipinski definition) is 4. The van der Waals surface area contributed by atoms with Gasteiger partial charge in [-0.05, 0) is 48.6 Å². The SMILES string of the molecule is CCS(=O)(=O)NC1CCN(C(=O)CCc2ccsc2)CC1. The van der Waals surface area contributed by atoms with Gasteiger partial charge in [0.2, 0.25) is 15.9 Å². The second kappa shape index (κ2) is 7.38. The van der Waals surface area contributed by atoms with Gasteiger partial charge in [0.05, 0.1) is 5.75 Å². The summed E-state index contributed by atoms with van der Waals surface area (Å²) < 4.78 is 25.7. The van der Waals surface area contributed by atoms with Crippen LogP contribution >= 0.6 is 11.3 Å². The molecule has 7 heteroatoms. The van der Waals surface area contributed by atoms with E-state index in [4.69, 9.17) is 0 Å². The maximum atomic E-state index is 12.1. The Morgan fingerprint density at radius 2 is 2.14 bits per heavy atom. The Hall–Kier alpha value is -0.920. The molecular formula is C14H22N2O3S2. The van der Waals surface area contributed by atoms with Gasteiger partial charge in [-0.25, -0.2) is 13.1 Å². The summed E-state index contributed by atoms with van der Waals surface area (Å²) in [5, 5.41) is 4.09. The van der Waals surface area contributed by atoms with E-state index in [9.17, 15) is 13.2 Å². The maximum absolute atomic E-state index is 12.1. The molecule has 21 heavy (non-hydrogen) atoms. The van der Waals surface area contributed by atoms with Crippen molar-refractivity contribution >= 4 is 27.3 Å². The molecule has 1 fully saturated rings. The number of sulfonamides is 1. The molecule has 0 saturated carbocycles. The quantitative estimate of drug-likeness (QED) is 0.862. The van der Waals surface area contributed by atoms with Crippen LogP contribution in [-0.2, 0) is 21.2 Å². The van der Waals surface area contributed by atoms with Gasteiger partial charge in [-0.3, -0.25) is 4.79 Å². The van der Waals surface area contributed by atoms with Gasteiger partial charge in [-0.1, -0.05) is 0 Å². The number of rotatable bonds is 6. The molecule has 0 atom stereocenters. The minimum Gasteiger partial charge on any atom is -0.343 e. The van der Waals surface area contributed by atoms with Crippen LogP contribution in [-0.4, -0.2) is 44.1 Å². The lowest BCUT2D eigenvalue weighted by atomic mass is 10.1. The van der Waals surface area contributed by atoms with Crippen molar-refractivity contribution in [2.45, 2.75) is 38.6 Å². The third kappa shape index (κ3) is 5.09. The Bertz CT molecular complexity index is 547. The zero-order valence-electron chi connectivity index (χ0n) is 12.2. The first-order chi connectivity index (χ1) is 10.00. The van der Waals surface area contributed by atoms with Gasteiger partial charge in [0.1, 0.15) is 0 Å². The summed E-state index contributed by atoms with van der Waals surface area (Å²) in [4.78, 5) is 14.0. The lowest BCUT2D eigenvalue weighted by Crippen LogP contribution is -2.46. The van der Waals surface area contributed by atoms with Crippen LogP contribution in [0, 0.1) is 0 Å². The van der Waals surface area contributed by atoms with Crippen molar-refractivity contribution in [2.24, 2.45) is 0 Å². The topological polar surface area (TPSA) is 66.5 Å². The zero-order chi connectivity index (χ0) is 15.3. The fraction of sp³-hybridized carbons (Fsp3) is 0.643. The number of nitrogens with one attached hydrogen (secondary N) is 1. The van der Waals surface area contributed by atoms with Crippen molar-refractivity contribution in [3.63, 3.8) is 0 Å². The van der Waals surface area contributed by atoms with Gasteiger partial charge in [0.25, 0.3) is 0 Å². The fourth-order valence-corrected chi connectivity index (χ4v) is 4.04. The van der Waals surface area contributed by atoms with E-state index in [-0.39, 0.29) is 17.7 Å². The first-order valence-electron chi connectivity index (χ1n) is 7.29. The predicted octanol–water partition coefficient (Wildman–Crippen LogP) is 1.61. The third-order valence-corrected chi connectivity index (χ3v) is 5.97. The van der Waals surface area contributed by atoms with E-state index in [1.54, 1.807) is 18.3 Å². The number of piperidine rings is 1. The lowest BCUT2D eigenvalue weighted by molar-refractivity contribution is -0.132. The Morgan fingerprint density at radius 3 is 2.71 bits per heavy atom. The van der Waals surface area contributed by atoms with Gasteiger partial charge in [0, 0.05) is 25.6 Å². The molecule has 118 valence electrons. The highest BCUT2D eigenvalue weighted by atomic mass is 32.2. The number of thiophene rings is 1. The molecule has 1 N–H and O–H groups in total. The van der Waals surface area contributed by atoms with E-state index < -0.39 is 10.0 Å². The average molecular weight is 330 g/mol. The molecule has 1 aromatic rings. The summed E-state index contributed by atoms with van der Waals surface area (Å²) >= 11 is 1.64. The summed E-state index contributed by atoms with van der Waals surface area (Å²) in [6, 6.07) is 2.01. The van der Waals surface area contributed by atoms with Crippen molar-refractivity contribution in [2.75, 3.05) is 18.8 Å². The number of carbonyl (C=O) groups is 1. The van der Waals surface area contributed by atoms with Gasteiger partial charge < -0.3 is 4.90 Å². The highest BCUT2D eigenvalue weighted by Crippen LogP contribution is 2.14. The summed E-state index contributed by atoms with van der Waals surface area (Å²) in [7, 11) is -3.15. The van der Waals surface area contributed by atoms with Crippen LogP contribution < -0.4 is 4.72 Å². The number of hydrogen-bond donors (Lipinski definition) is 1. The van der Waals surface area contributed by atoms with Crippen molar-refractivity contribution < 1.29 is 13.2 Å². The van der Waals surface area contributed by atoms with Crippen LogP contribution in [0.15, 0.2) is 16.8 Å². The molecule has 1 amide bonds. The number of aryl methyl sites for hydroxylation is 1. The van der Waals surface area contributed by atoms with E-state index >= 15 is 0 Å². The van der Waals surface area contributed by atoms with Crippen LogP contribution in [0.3, 0.4) is 0 Å². The van der Waals surface area contributed by atoms with Gasteiger partial charge >= 0.3 is 0 Å². The van der Waals surface area contributed by atoms with Crippen LogP contribution in [0.2, 0.25) is 0 Å². The summed E-state index contributed by atoms with van der Waals surface area (Å²) in [5.74, 6) is 0.269. The summed E-state index contributed by atoms with van der Waals surface area (Å²) in [6.07, 6.45) is 2.71. The second-order valence-electron chi connectivity index (χ2n) is 5.31. The first kappa shape index (κ1) is 16.5.